The van der Waals surface area contributed by atoms with Crippen LogP contribution < -0.4 is 16.2 Å². The van der Waals surface area contributed by atoms with Crippen molar-refractivity contribution >= 4 is 5.97 Å². The van der Waals surface area contributed by atoms with E-state index in [1.807, 2.05) is 25.1 Å². The number of esters is 1. The molecule has 0 unspecified atom stereocenters. The highest BCUT2D eigenvalue weighted by atomic mass is 16.5. The van der Waals surface area contributed by atoms with Crippen molar-refractivity contribution in [1.29, 1.82) is 0 Å². The molecule has 0 saturated heterocycles. The summed E-state index contributed by atoms with van der Waals surface area (Å²) in [6.07, 6.45) is 1.26. The number of fused-ring (bicyclic) bond motifs is 3. The van der Waals surface area contributed by atoms with Gasteiger partial charge in [0.15, 0.2) is 0 Å². The molecule has 1 aliphatic rings. The van der Waals surface area contributed by atoms with Gasteiger partial charge in [0.1, 0.15) is 5.75 Å². The minimum Gasteiger partial charge on any atom is -0.423 e. The Morgan fingerprint density at radius 1 is 1.21 bits per heavy atom. The zero-order chi connectivity index (χ0) is 17.5. The highest BCUT2D eigenvalue weighted by molar-refractivity contribution is 5.89. The first-order chi connectivity index (χ1) is 11.3. The van der Waals surface area contributed by atoms with E-state index in [4.69, 9.17) is 16.2 Å². The van der Waals surface area contributed by atoms with Gasteiger partial charge in [-0.1, -0.05) is 43.8 Å². The summed E-state index contributed by atoms with van der Waals surface area (Å²) in [5, 5.41) is 0. The molecule has 1 aliphatic carbocycles. The van der Waals surface area contributed by atoms with Crippen molar-refractivity contribution in [3.05, 3.63) is 65.2 Å². The molecule has 0 atom stereocenters. The molecule has 2 aromatic carbocycles. The van der Waals surface area contributed by atoms with Crippen LogP contribution in [0.25, 0.3) is 11.1 Å². The number of rotatable bonds is 4. The van der Waals surface area contributed by atoms with Crippen LogP contribution in [0, 0.1) is 0 Å². The fourth-order valence-corrected chi connectivity index (χ4v) is 3.15. The lowest BCUT2D eigenvalue weighted by Crippen LogP contribution is -2.46. The van der Waals surface area contributed by atoms with Gasteiger partial charge in [-0.25, -0.2) is 4.79 Å². The molecular formula is C20H22N2O2. The van der Waals surface area contributed by atoms with Crippen LogP contribution >= 0.6 is 0 Å². The molecule has 0 fully saturated rings. The van der Waals surface area contributed by atoms with Crippen LogP contribution in [0.2, 0.25) is 0 Å². The van der Waals surface area contributed by atoms with Crippen molar-refractivity contribution < 1.29 is 9.53 Å². The molecule has 0 aromatic heterocycles. The third kappa shape index (κ3) is 2.64. The molecule has 0 radical (unpaired) electrons. The minimum atomic E-state index is -1.07. The minimum absolute atomic E-state index is 0.334. The quantitative estimate of drug-likeness (QED) is 0.334. The summed E-state index contributed by atoms with van der Waals surface area (Å²) in [4.78, 5) is 12.0. The summed E-state index contributed by atoms with van der Waals surface area (Å²) >= 11 is 0. The Bertz CT molecular complexity index is 838. The van der Waals surface area contributed by atoms with E-state index in [2.05, 4.69) is 18.7 Å². The maximum Gasteiger partial charge on any atom is 0.338 e. The van der Waals surface area contributed by atoms with Crippen molar-refractivity contribution in [3.8, 4) is 16.9 Å². The third-order valence-electron chi connectivity index (χ3n) is 4.55. The lowest BCUT2D eigenvalue weighted by atomic mass is 9.89. The van der Waals surface area contributed by atoms with Crippen LogP contribution in [0.15, 0.2) is 48.6 Å². The van der Waals surface area contributed by atoms with Crippen LogP contribution in [0.5, 0.6) is 5.75 Å². The Labute approximate surface area is 142 Å². The van der Waals surface area contributed by atoms with E-state index >= 15 is 0 Å². The largest absolute Gasteiger partial charge is 0.423 e. The fourth-order valence-electron chi connectivity index (χ4n) is 3.15. The van der Waals surface area contributed by atoms with Gasteiger partial charge in [0, 0.05) is 11.1 Å². The average Bonchev–Trinajstić information content (AvgIpc) is 2.92. The van der Waals surface area contributed by atoms with E-state index in [9.17, 15) is 4.79 Å². The van der Waals surface area contributed by atoms with E-state index in [1.54, 1.807) is 13.0 Å². The summed E-state index contributed by atoms with van der Waals surface area (Å²) in [6, 6.07) is 12.0. The summed E-state index contributed by atoms with van der Waals surface area (Å²) in [6.45, 7) is 7.17. The van der Waals surface area contributed by atoms with Gasteiger partial charge in [-0.3, -0.25) is 0 Å². The van der Waals surface area contributed by atoms with E-state index in [0.717, 1.165) is 17.5 Å². The topological polar surface area (TPSA) is 78.3 Å². The Kier molecular flexibility index (Phi) is 4.03. The van der Waals surface area contributed by atoms with E-state index in [0.29, 0.717) is 23.3 Å². The molecule has 2 aromatic rings. The molecule has 0 saturated carbocycles. The summed E-state index contributed by atoms with van der Waals surface area (Å²) in [7, 11) is 0. The first-order valence-electron chi connectivity index (χ1n) is 8.05. The molecule has 0 bridgehead atoms. The molecule has 4 nitrogen and oxygen atoms in total. The van der Waals surface area contributed by atoms with Crippen LogP contribution in [0.3, 0.4) is 0 Å². The Hall–Kier alpha value is -2.43. The fraction of sp³-hybridized carbons (Fsp3) is 0.250. The van der Waals surface area contributed by atoms with Crippen molar-refractivity contribution in [2.45, 2.75) is 32.4 Å². The van der Waals surface area contributed by atoms with Gasteiger partial charge in [-0.15, -0.1) is 0 Å². The number of carbonyl (C=O) groups excluding carboxylic acids is 1. The van der Waals surface area contributed by atoms with Gasteiger partial charge in [-0.05, 0) is 48.1 Å². The number of ether oxygens (including phenoxy) is 1. The third-order valence-corrected chi connectivity index (χ3v) is 4.55. The van der Waals surface area contributed by atoms with Crippen molar-refractivity contribution in [2.24, 2.45) is 11.5 Å². The lowest BCUT2D eigenvalue weighted by molar-refractivity contribution is -0.130. The van der Waals surface area contributed by atoms with E-state index in [-0.39, 0.29) is 0 Å². The zero-order valence-electron chi connectivity index (χ0n) is 14.1. The highest BCUT2D eigenvalue weighted by Crippen LogP contribution is 2.44. The van der Waals surface area contributed by atoms with Gasteiger partial charge in [0.2, 0.25) is 0 Å². The number of hydrogen-bond acceptors (Lipinski definition) is 4. The van der Waals surface area contributed by atoms with Crippen LogP contribution in [-0.4, -0.2) is 5.97 Å². The molecule has 4 N–H and O–H groups in total. The maximum absolute atomic E-state index is 12.0. The Morgan fingerprint density at radius 3 is 2.58 bits per heavy atom. The maximum atomic E-state index is 12.0. The van der Waals surface area contributed by atoms with Gasteiger partial charge < -0.3 is 16.2 Å². The van der Waals surface area contributed by atoms with E-state index in [1.165, 1.54) is 11.1 Å². The van der Waals surface area contributed by atoms with Gasteiger partial charge in [0.05, 0.1) is 5.66 Å². The predicted molar refractivity (Wildman–Crippen MR) is 95.5 cm³/mol. The summed E-state index contributed by atoms with van der Waals surface area (Å²) in [5.41, 5.74) is 17.2. The Morgan fingerprint density at radius 2 is 1.92 bits per heavy atom. The van der Waals surface area contributed by atoms with Gasteiger partial charge in [0.25, 0.3) is 0 Å². The zero-order valence-corrected chi connectivity index (χ0v) is 14.1. The normalized spacial score (nSPS) is 12.5. The lowest BCUT2D eigenvalue weighted by Gasteiger charge is -2.28. The SMILES string of the molecule is C=C(C)C(=O)Oc1ccc2c(c1C(N)(N)CC)Cc1ccccc1-2. The molecule has 3 rings (SSSR count). The smallest absolute Gasteiger partial charge is 0.338 e. The first kappa shape index (κ1) is 16.4. The van der Waals surface area contributed by atoms with Crippen molar-refractivity contribution in [2.75, 3.05) is 0 Å². The second-order valence-corrected chi connectivity index (χ2v) is 6.36. The molecule has 24 heavy (non-hydrogen) atoms. The molecule has 0 aliphatic heterocycles. The number of nitrogens with two attached hydrogens (primary N) is 2. The molecule has 0 amide bonds. The molecular weight excluding hydrogens is 300 g/mol. The summed E-state index contributed by atoms with van der Waals surface area (Å²) in [5.74, 6) is -0.0555. The molecule has 124 valence electrons. The van der Waals surface area contributed by atoms with Crippen LogP contribution in [-0.2, 0) is 16.9 Å². The molecule has 0 spiro atoms. The van der Waals surface area contributed by atoms with Crippen LogP contribution in [0.1, 0.15) is 37.0 Å². The number of benzene rings is 2. The second kappa shape index (κ2) is 5.89. The average molecular weight is 322 g/mol. The van der Waals surface area contributed by atoms with Crippen molar-refractivity contribution in [1.82, 2.24) is 0 Å². The van der Waals surface area contributed by atoms with Crippen molar-refractivity contribution in [3.63, 3.8) is 0 Å². The number of hydrogen-bond donors (Lipinski definition) is 2. The molecule has 0 heterocycles. The van der Waals surface area contributed by atoms with Gasteiger partial charge >= 0.3 is 5.97 Å². The molecule has 4 heteroatoms. The summed E-state index contributed by atoms with van der Waals surface area (Å²) < 4.78 is 5.52. The van der Waals surface area contributed by atoms with E-state index < -0.39 is 11.6 Å². The van der Waals surface area contributed by atoms with Gasteiger partial charge in [-0.2, -0.15) is 0 Å². The highest BCUT2D eigenvalue weighted by Gasteiger charge is 2.33. The number of carbonyl (C=O) groups is 1. The predicted octanol–water partition coefficient (Wildman–Crippen LogP) is 3.22. The standard InChI is InChI=1S/C20H22N2O2/c1-4-20(21,22)18-16-11-13-7-5-6-8-14(13)15(16)9-10-17(18)24-19(23)12(2)3/h5-10H,2,4,11,21-22H2,1,3H3. The first-order valence-corrected chi connectivity index (χ1v) is 8.05. The Balaban J connectivity index is 2.18. The monoisotopic (exact) mass is 322 g/mol. The van der Waals surface area contributed by atoms with Crippen LogP contribution in [0.4, 0.5) is 0 Å². The second-order valence-electron chi connectivity index (χ2n) is 6.36.